The Kier molecular flexibility index (Phi) is 19.0. The third kappa shape index (κ3) is 11.6. The van der Waals surface area contributed by atoms with Crippen LogP contribution in [0.15, 0.2) is 107 Å². The molecule has 4 aromatic carbocycles. The summed E-state index contributed by atoms with van der Waals surface area (Å²) in [5.74, 6) is 5.22. The first-order valence-electron chi connectivity index (χ1n) is 28.4. The van der Waals surface area contributed by atoms with Crippen LogP contribution in [0.25, 0.3) is 0 Å². The average molecular weight is 983 g/mol. The van der Waals surface area contributed by atoms with Crippen molar-refractivity contribution >= 4 is 45.6 Å². The van der Waals surface area contributed by atoms with Gasteiger partial charge in [-0.1, -0.05) is 139 Å². The van der Waals surface area contributed by atoms with Crippen molar-refractivity contribution in [1.82, 2.24) is 0 Å². The summed E-state index contributed by atoms with van der Waals surface area (Å²) in [6.07, 6.45) is 11.6. The van der Waals surface area contributed by atoms with Gasteiger partial charge < -0.3 is 10.2 Å². The smallest absolute Gasteiger partial charge is 0.848 e. The van der Waals surface area contributed by atoms with Gasteiger partial charge in [0.05, 0.1) is 11.4 Å². The predicted molar refractivity (Wildman–Crippen MR) is 297 cm³/mol. The average Bonchev–Trinajstić information content (AvgIpc) is 3.33. The van der Waals surface area contributed by atoms with Gasteiger partial charge in [-0.25, -0.2) is 9.98 Å². The van der Waals surface area contributed by atoms with Crippen molar-refractivity contribution in [1.29, 1.82) is 0 Å². The topological polar surface area (TPSA) is 98.8 Å². The predicted octanol–water partition coefficient (Wildman–Crippen LogP) is 6.15. The molecule has 0 atom stereocenters. The molecule has 8 fully saturated rings. The monoisotopic (exact) mass is 983 g/mol. The second-order valence-corrected chi connectivity index (χ2v) is 25.2. The second kappa shape index (κ2) is 24.1. The van der Waals surface area contributed by atoms with Gasteiger partial charge in [-0.05, 0) is 172 Å². The second-order valence-electron chi connectivity index (χ2n) is 25.2. The summed E-state index contributed by atoms with van der Waals surface area (Å²) in [6.45, 7) is 26.3. The minimum Gasteiger partial charge on any atom is -0.848 e. The summed E-state index contributed by atoms with van der Waals surface area (Å²) in [4.78, 5) is 18.0. The minimum absolute atomic E-state index is 0. The Morgan fingerprint density at radius 1 is 0.405 bits per heavy atom. The molecule has 0 aromatic heterocycles. The molecule has 0 unspecified atom stereocenters. The van der Waals surface area contributed by atoms with E-state index < -0.39 is 11.2 Å². The van der Waals surface area contributed by atoms with Gasteiger partial charge in [-0.2, -0.15) is 0 Å². The van der Waals surface area contributed by atoms with E-state index in [0.717, 1.165) is 121 Å². The molecule has 2 N–H and O–H groups in total. The van der Waals surface area contributed by atoms with Crippen LogP contribution in [-0.4, -0.2) is 34.0 Å². The zero-order chi connectivity index (χ0) is 51.2. The first-order valence-corrected chi connectivity index (χ1v) is 28.4. The van der Waals surface area contributed by atoms with Crippen LogP contribution in [0.3, 0.4) is 0 Å². The van der Waals surface area contributed by atoms with Crippen LogP contribution in [0.4, 0.5) is 22.7 Å². The molecule has 8 bridgehead atoms. The fourth-order valence-electron chi connectivity index (χ4n) is 16.2. The molecule has 0 heterocycles. The quantitative estimate of drug-likeness (QED) is 0.117. The third-order valence-electron chi connectivity index (χ3n) is 19.0. The maximum absolute atomic E-state index is 15.3. The largest absolute Gasteiger partial charge is 1.00 e. The van der Waals surface area contributed by atoms with Gasteiger partial charge in [-0.3, -0.25) is 9.98 Å². The fourth-order valence-corrected chi connectivity index (χ4v) is 16.2. The summed E-state index contributed by atoms with van der Waals surface area (Å²) in [6, 6.07) is 34.0. The molecular formula is C66H88Li2N4O2+2. The Balaban J connectivity index is 0.000000211. The Morgan fingerprint density at radius 3 is 0.986 bits per heavy atom. The Labute approximate surface area is 471 Å². The van der Waals surface area contributed by atoms with Gasteiger partial charge in [0.15, 0.2) is 11.4 Å². The van der Waals surface area contributed by atoms with Crippen molar-refractivity contribution in [2.75, 3.05) is 0 Å². The van der Waals surface area contributed by atoms with E-state index in [2.05, 4.69) is 190 Å². The van der Waals surface area contributed by atoms with Crippen LogP contribution in [0.5, 0.6) is 0 Å². The minimum atomic E-state index is -1.02. The molecule has 12 rings (SSSR count). The fraction of sp³-hybridized carbons (Fsp3) is 0.576. The molecule has 0 aliphatic heterocycles. The zero-order valence-corrected chi connectivity index (χ0v) is 48.1. The first-order chi connectivity index (χ1) is 34.4. The molecule has 0 spiro atoms. The van der Waals surface area contributed by atoms with Crippen molar-refractivity contribution in [3.05, 3.63) is 119 Å². The van der Waals surface area contributed by atoms with E-state index in [1.165, 1.54) is 35.1 Å². The third-order valence-corrected chi connectivity index (χ3v) is 19.0. The van der Waals surface area contributed by atoms with Crippen molar-refractivity contribution in [2.45, 2.75) is 182 Å². The molecule has 8 aliphatic rings. The van der Waals surface area contributed by atoms with Crippen LogP contribution in [-0.2, 0) is 0 Å². The van der Waals surface area contributed by atoms with Crippen molar-refractivity contribution < 1.29 is 57.9 Å². The van der Waals surface area contributed by atoms with Gasteiger partial charge in [0.25, 0.3) is 0 Å². The number of benzene rings is 4. The molecule has 0 radical (unpaired) electrons. The van der Waals surface area contributed by atoms with Gasteiger partial charge >= 0.3 is 37.7 Å². The van der Waals surface area contributed by atoms with E-state index >= 15 is 10.2 Å². The standard InChI is InChI=1S/2C33H43N2O.2Li/c2*1-20(2)28-11-7-9-13-30(28)34-22(5)32(23(6)35-31-14-10-8-12-29(31)21(3)4)33(36)26-16-24-15-25(18-26)19-27(33)17-24;;/h2*7-14,20-21,24-27,32H,15-19H2,1-6H3;;/q2*-1;2*+1/p+2. The zero-order valence-electron chi connectivity index (χ0n) is 48.1. The number of aliphatic imine (C=N–C) groups is 2. The van der Waals surface area contributed by atoms with E-state index in [0.29, 0.717) is 23.7 Å². The summed E-state index contributed by atoms with van der Waals surface area (Å²) >= 11 is 0. The maximum Gasteiger partial charge on any atom is 1.00 e. The Bertz CT molecular complexity index is 2320. The number of rotatable bonds is 14. The number of nitrogens with one attached hydrogen (secondary N) is 2. The van der Waals surface area contributed by atoms with Crippen molar-refractivity contribution in [2.24, 2.45) is 69.2 Å². The number of hydrogen-bond donors (Lipinski definition) is 2. The molecule has 4 aromatic rings. The molecule has 8 aliphatic carbocycles. The van der Waals surface area contributed by atoms with E-state index in [1.54, 1.807) is 0 Å². The van der Waals surface area contributed by atoms with Crippen LogP contribution >= 0.6 is 0 Å². The van der Waals surface area contributed by atoms with Gasteiger partial charge in [0.1, 0.15) is 5.92 Å². The summed E-state index contributed by atoms with van der Waals surface area (Å²) in [5, 5.41) is 30.6. The number of nitrogens with zero attached hydrogens (tertiary/aromatic N) is 2. The molecule has 6 nitrogen and oxygen atoms in total. The normalized spacial score (nSPS) is 30.1. The molecule has 8 heteroatoms. The van der Waals surface area contributed by atoms with Crippen LogP contribution in [0.1, 0.15) is 193 Å². The maximum atomic E-state index is 15.3. The SMILES string of the molecule is CC(=Nc1ccccc1C(C)C)C(C(C)=Nc1ccccc1C(C)C)C1([O-])C2CC3CC(C2)CC1C3.CC(=[NH+]c1ccccc1C(C)C)C(C(C)=[NH+]c1ccccc1C(C)C)C1([O-])C2CC3CC(C2)CC1C3.[Li+].[Li+]. The Morgan fingerprint density at radius 2 is 0.676 bits per heavy atom. The molecule has 384 valence electrons. The van der Waals surface area contributed by atoms with E-state index in [4.69, 9.17) is 9.98 Å². The Hall–Kier alpha value is -3.33. The summed E-state index contributed by atoms with van der Waals surface area (Å²) < 4.78 is 0. The van der Waals surface area contributed by atoms with Crippen LogP contribution in [0.2, 0.25) is 0 Å². The molecule has 0 amide bonds. The first kappa shape index (κ1) is 58.4. The van der Waals surface area contributed by atoms with Crippen LogP contribution < -0.4 is 57.9 Å². The van der Waals surface area contributed by atoms with Crippen LogP contribution in [0, 0.1) is 59.2 Å². The van der Waals surface area contributed by atoms with Gasteiger partial charge in [0.2, 0.25) is 11.4 Å². The summed E-state index contributed by atoms with van der Waals surface area (Å²) in [7, 11) is 0. The molecule has 74 heavy (non-hydrogen) atoms. The number of hydrogen-bond acceptors (Lipinski definition) is 4. The number of para-hydroxylation sites is 4. The van der Waals surface area contributed by atoms with Gasteiger partial charge in [-0.15, -0.1) is 0 Å². The van der Waals surface area contributed by atoms with E-state index in [9.17, 15) is 0 Å². The molecular weight excluding hydrogens is 895 g/mol. The van der Waals surface area contributed by atoms with Gasteiger partial charge in [0, 0.05) is 54.4 Å². The summed E-state index contributed by atoms with van der Waals surface area (Å²) in [5.41, 5.74) is 11.4. The molecule has 0 saturated heterocycles. The van der Waals surface area contributed by atoms with E-state index in [-0.39, 0.29) is 73.2 Å². The van der Waals surface area contributed by atoms with E-state index in [1.807, 2.05) is 0 Å². The van der Waals surface area contributed by atoms with Crippen molar-refractivity contribution in [3.8, 4) is 0 Å². The van der Waals surface area contributed by atoms with Crippen molar-refractivity contribution in [3.63, 3.8) is 0 Å². The molecule has 8 saturated carbocycles.